The number of esters is 1. The van der Waals surface area contributed by atoms with Gasteiger partial charge in [0, 0.05) is 5.69 Å². The third kappa shape index (κ3) is 4.11. The van der Waals surface area contributed by atoms with Crippen molar-refractivity contribution in [2.24, 2.45) is 5.92 Å². The van der Waals surface area contributed by atoms with Crippen molar-refractivity contribution in [3.8, 4) is 0 Å². The van der Waals surface area contributed by atoms with Crippen LogP contribution in [0.4, 0.5) is 10.5 Å². The molecule has 2 aliphatic rings. The van der Waals surface area contributed by atoms with Crippen LogP contribution in [0.5, 0.6) is 0 Å². The van der Waals surface area contributed by atoms with Gasteiger partial charge in [-0.15, -0.1) is 0 Å². The molecule has 1 atom stereocenters. The molecule has 156 valence electrons. The first-order valence-corrected chi connectivity index (χ1v) is 9.89. The molecule has 4 amide bonds. The average Bonchev–Trinajstić information content (AvgIpc) is 2.93. The number of amides is 4. The molecule has 0 unspecified atom stereocenters. The maximum atomic E-state index is 13.0. The summed E-state index contributed by atoms with van der Waals surface area (Å²) in [5.41, 5.74) is 0.516. The fraction of sp³-hybridized carbons (Fsp3) is 0.524. The highest BCUT2D eigenvalue weighted by Crippen LogP contribution is 2.36. The molecule has 0 spiro atoms. The second-order valence-corrected chi connectivity index (χ2v) is 7.93. The SMILES string of the molecule is COC(=O)c1ccc(C)c(NC(=O)CN2C(=O)N[C@@](C)(C3CCCCC3)C2=O)c1. The molecule has 0 bridgehead atoms. The Labute approximate surface area is 170 Å². The number of anilines is 1. The largest absolute Gasteiger partial charge is 0.465 e. The molecule has 1 saturated carbocycles. The van der Waals surface area contributed by atoms with Crippen molar-refractivity contribution < 1.29 is 23.9 Å². The van der Waals surface area contributed by atoms with Gasteiger partial charge < -0.3 is 15.4 Å². The van der Waals surface area contributed by atoms with Crippen molar-refractivity contribution in [1.29, 1.82) is 0 Å². The maximum absolute atomic E-state index is 13.0. The summed E-state index contributed by atoms with van der Waals surface area (Å²) in [7, 11) is 1.28. The molecule has 0 aromatic heterocycles. The molecular weight excluding hydrogens is 374 g/mol. The van der Waals surface area contributed by atoms with Gasteiger partial charge in [-0.1, -0.05) is 25.3 Å². The number of rotatable bonds is 5. The minimum Gasteiger partial charge on any atom is -0.465 e. The predicted molar refractivity (Wildman–Crippen MR) is 106 cm³/mol. The van der Waals surface area contributed by atoms with Crippen LogP contribution < -0.4 is 10.6 Å². The van der Waals surface area contributed by atoms with Crippen LogP contribution in [-0.4, -0.2) is 47.9 Å². The molecule has 8 heteroatoms. The summed E-state index contributed by atoms with van der Waals surface area (Å²) >= 11 is 0. The summed E-state index contributed by atoms with van der Waals surface area (Å²) in [6.07, 6.45) is 5.01. The molecule has 2 fully saturated rings. The summed E-state index contributed by atoms with van der Waals surface area (Å²) in [6, 6.07) is 4.26. The molecule has 0 radical (unpaired) electrons. The highest BCUT2D eigenvalue weighted by atomic mass is 16.5. The van der Waals surface area contributed by atoms with Crippen LogP contribution in [0.1, 0.15) is 54.9 Å². The number of hydrogen-bond acceptors (Lipinski definition) is 5. The minimum atomic E-state index is -0.960. The summed E-state index contributed by atoms with van der Waals surface area (Å²) in [5, 5.41) is 5.49. The lowest BCUT2D eigenvalue weighted by Crippen LogP contribution is -2.51. The molecule has 1 aromatic carbocycles. The van der Waals surface area contributed by atoms with Gasteiger partial charge in [0.25, 0.3) is 5.91 Å². The Balaban J connectivity index is 1.70. The zero-order valence-electron chi connectivity index (χ0n) is 17.0. The van der Waals surface area contributed by atoms with Crippen molar-refractivity contribution >= 4 is 29.5 Å². The molecule has 29 heavy (non-hydrogen) atoms. The van der Waals surface area contributed by atoms with E-state index in [1.54, 1.807) is 26.0 Å². The molecule has 1 aliphatic carbocycles. The van der Waals surface area contributed by atoms with Crippen molar-refractivity contribution in [2.45, 2.75) is 51.5 Å². The Morgan fingerprint density at radius 1 is 1.24 bits per heavy atom. The van der Waals surface area contributed by atoms with Gasteiger partial charge in [0.1, 0.15) is 12.1 Å². The zero-order chi connectivity index (χ0) is 21.2. The number of nitrogens with zero attached hydrogens (tertiary/aromatic N) is 1. The van der Waals surface area contributed by atoms with E-state index < -0.39 is 23.4 Å². The van der Waals surface area contributed by atoms with Crippen LogP contribution in [0.15, 0.2) is 18.2 Å². The topological polar surface area (TPSA) is 105 Å². The Hall–Kier alpha value is -2.90. The first-order valence-electron chi connectivity index (χ1n) is 9.89. The monoisotopic (exact) mass is 401 g/mol. The summed E-state index contributed by atoms with van der Waals surface area (Å²) in [5.74, 6) is -1.30. The Morgan fingerprint density at radius 3 is 2.59 bits per heavy atom. The molecular formula is C21H27N3O5. The normalized spacial score (nSPS) is 22.4. The fourth-order valence-electron chi connectivity index (χ4n) is 4.15. The van der Waals surface area contributed by atoms with E-state index in [0.29, 0.717) is 11.3 Å². The highest BCUT2D eigenvalue weighted by Gasteiger charge is 2.52. The van der Waals surface area contributed by atoms with Crippen molar-refractivity contribution in [1.82, 2.24) is 10.2 Å². The summed E-state index contributed by atoms with van der Waals surface area (Å²) < 4.78 is 4.69. The molecule has 1 heterocycles. The molecule has 3 rings (SSSR count). The predicted octanol–water partition coefficient (Wildman–Crippen LogP) is 2.61. The van der Waals surface area contributed by atoms with Crippen LogP contribution in [0.2, 0.25) is 0 Å². The van der Waals surface area contributed by atoms with Crippen molar-refractivity contribution in [2.75, 3.05) is 19.0 Å². The van der Waals surface area contributed by atoms with Crippen LogP contribution in [0, 0.1) is 12.8 Å². The number of ether oxygens (including phenoxy) is 1. The number of carbonyl (C=O) groups is 4. The number of benzene rings is 1. The Bertz CT molecular complexity index is 847. The van der Waals surface area contributed by atoms with Gasteiger partial charge in [-0.05, 0) is 50.3 Å². The van der Waals surface area contributed by atoms with Gasteiger partial charge in [-0.25, -0.2) is 9.59 Å². The van der Waals surface area contributed by atoms with E-state index in [1.807, 2.05) is 0 Å². The van der Waals surface area contributed by atoms with Crippen LogP contribution in [-0.2, 0) is 14.3 Å². The van der Waals surface area contributed by atoms with Gasteiger partial charge in [-0.3, -0.25) is 14.5 Å². The molecule has 1 aliphatic heterocycles. The Morgan fingerprint density at radius 2 is 1.93 bits per heavy atom. The smallest absolute Gasteiger partial charge is 0.337 e. The number of aryl methyl sites for hydroxylation is 1. The van der Waals surface area contributed by atoms with E-state index in [-0.39, 0.29) is 18.4 Å². The van der Waals surface area contributed by atoms with E-state index in [2.05, 4.69) is 10.6 Å². The van der Waals surface area contributed by atoms with Crippen LogP contribution in [0.3, 0.4) is 0 Å². The number of carbonyl (C=O) groups excluding carboxylic acids is 4. The zero-order valence-corrected chi connectivity index (χ0v) is 17.0. The third-order valence-electron chi connectivity index (χ3n) is 5.96. The third-order valence-corrected chi connectivity index (χ3v) is 5.96. The number of urea groups is 1. The number of imide groups is 1. The fourth-order valence-corrected chi connectivity index (χ4v) is 4.15. The second-order valence-electron chi connectivity index (χ2n) is 7.93. The van der Waals surface area contributed by atoms with E-state index in [4.69, 9.17) is 4.74 Å². The van der Waals surface area contributed by atoms with E-state index >= 15 is 0 Å². The van der Waals surface area contributed by atoms with Gasteiger partial charge in [0.2, 0.25) is 5.91 Å². The first-order chi connectivity index (χ1) is 13.8. The average molecular weight is 401 g/mol. The maximum Gasteiger partial charge on any atom is 0.337 e. The van der Waals surface area contributed by atoms with Gasteiger partial charge >= 0.3 is 12.0 Å². The molecule has 1 aromatic rings. The number of methoxy groups -OCH3 is 1. The lowest BCUT2D eigenvalue weighted by Gasteiger charge is -2.34. The van der Waals surface area contributed by atoms with Crippen molar-refractivity contribution in [3.63, 3.8) is 0 Å². The van der Waals surface area contributed by atoms with Crippen LogP contribution in [0.25, 0.3) is 0 Å². The first kappa shape index (κ1) is 20.8. The van der Waals surface area contributed by atoms with Gasteiger partial charge in [-0.2, -0.15) is 0 Å². The molecule has 8 nitrogen and oxygen atoms in total. The highest BCUT2D eigenvalue weighted by molar-refractivity contribution is 6.10. The summed E-state index contributed by atoms with van der Waals surface area (Å²) in [6.45, 7) is 3.16. The lowest BCUT2D eigenvalue weighted by molar-refractivity contribution is -0.135. The lowest BCUT2D eigenvalue weighted by atomic mass is 9.75. The summed E-state index contributed by atoms with van der Waals surface area (Å²) in [4.78, 5) is 50.6. The Kier molecular flexibility index (Phi) is 5.91. The van der Waals surface area contributed by atoms with E-state index in [9.17, 15) is 19.2 Å². The minimum absolute atomic E-state index is 0.0831. The number of hydrogen-bond donors (Lipinski definition) is 2. The van der Waals surface area contributed by atoms with Gasteiger partial charge in [0.05, 0.1) is 12.7 Å². The van der Waals surface area contributed by atoms with E-state index in [0.717, 1.165) is 42.6 Å². The standard InChI is InChI=1S/C21H27N3O5/c1-13-9-10-14(18(26)29-3)11-16(13)22-17(25)12-24-19(27)21(2,23-20(24)28)15-7-5-4-6-8-15/h9-11,15H,4-8,12H2,1-3H3,(H,22,25)(H,23,28)/t21-/m0/s1. The van der Waals surface area contributed by atoms with Gasteiger partial charge in [0.15, 0.2) is 0 Å². The molecule has 2 N–H and O–H groups in total. The quantitative estimate of drug-likeness (QED) is 0.583. The number of nitrogens with one attached hydrogen (secondary N) is 2. The second kappa shape index (κ2) is 8.23. The van der Waals surface area contributed by atoms with E-state index in [1.165, 1.54) is 13.2 Å². The molecule has 1 saturated heterocycles. The van der Waals surface area contributed by atoms with Crippen LogP contribution >= 0.6 is 0 Å². The van der Waals surface area contributed by atoms with Crippen molar-refractivity contribution in [3.05, 3.63) is 29.3 Å².